The SMILES string of the molecule is CC(C)C(=O)N(CC[NH+](C)C)c1nc2ccccc2s1. The van der Waals surface area contributed by atoms with Gasteiger partial charge in [-0.15, -0.1) is 0 Å². The zero-order valence-corrected chi connectivity index (χ0v) is 13.3. The highest BCUT2D eigenvalue weighted by Crippen LogP contribution is 2.29. The number of nitrogens with zero attached hydrogens (tertiary/aromatic N) is 2. The van der Waals surface area contributed by atoms with Gasteiger partial charge in [-0.25, -0.2) is 4.98 Å². The molecule has 20 heavy (non-hydrogen) atoms. The van der Waals surface area contributed by atoms with Crippen molar-refractivity contribution in [1.82, 2.24) is 4.98 Å². The summed E-state index contributed by atoms with van der Waals surface area (Å²) < 4.78 is 1.13. The average Bonchev–Trinajstić information content (AvgIpc) is 2.81. The van der Waals surface area contributed by atoms with E-state index in [2.05, 4.69) is 19.1 Å². The van der Waals surface area contributed by atoms with Crippen molar-refractivity contribution in [2.24, 2.45) is 5.92 Å². The highest BCUT2D eigenvalue weighted by Gasteiger charge is 2.22. The van der Waals surface area contributed by atoms with E-state index in [0.717, 1.165) is 21.9 Å². The average molecular weight is 292 g/mol. The fraction of sp³-hybridized carbons (Fsp3) is 0.467. The van der Waals surface area contributed by atoms with Crippen LogP contribution in [-0.2, 0) is 4.79 Å². The second-order valence-corrected chi connectivity index (χ2v) is 6.57. The minimum atomic E-state index is -0.0147. The third kappa shape index (κ3) is 3.35. The summed E-state index contributed by atoms with van der Waals surface area (Å²) in [5.74, 6) is 0.129. The molecular weight excluding hydrogens is 270 g/mol. The monoisotopic (exact) mass is 292 g/mol. The van der Waals surface area contributed by atoms with Gasteiger partial charge in [0.1, 0.15) is 0 Å². The van der Waals surface area contributed by atoms with Crippen molar-refractivity contribution >= 4 is 32.6 Å². The van der Waals surface area contributed by atoms with Gasteiger partial charge in [-0.05, 0) is 12.1 Å². The molecule has 0 bridgehead atoms. The quantitative estimate of drug-likeness (QED) is 0.905. The number of quaternary nitrogens is 1. The first-order valence-corrected chi connectivity index (χ1v) is 7.76. The normalized spacial score (nSPS) is 11.5. The van der Waals surface area contributed by atoms with Gasteiger partial charge < -0.3 is 4.90 Å². The van der Waals surface area contributed by atoms with Crippen LogP contribution in [0.3, 0.4) is 0 Å². The number of nitrogens with one attached hydrogen (secondary N) is 1. The molecular formula is C15H22N3OS+. The predicted molar refractivity (Wildman–Crippen MR) is 84.5 cm³/mol. The van der Waals surface area contributed by atoms with Crippen molar-refractivity contribution < 1.29 is 9.69 Å². The van der Waals surface area contributed by atoms with Crippen molar-refractivity contribution in [2.45, 2.75) is 13.8 Å². The molecule has 1 aromatic carbocycles. The molecule has 0 aliphatic carbocycles. The fourth-order valence-corrected chi connectivity index (χ4v) is 2.92. The third-order valence-corrected chi connectivity index (χ3v) is 4.17. The molecule has 0 unspecified atom stereocenters. The lowest BCUT2D eigenvalue weighted by Crippen LogP contribution is -3.06. The highest BCUT2D eigenvalue weighted by molar-refractivity contribution is 7.22. The first-order chi connectivity index (χ1) is 9.49. The summed E-state index contributed by atoms with van der Waals surface area (Å²) in [6, 6.07) is 8.02. The van der Waals surface area contributed by atoms with Gasteiger partial charge in [0.05, 0.1) is 37.4 Å². The molecule has 4 nitrogen and oxygen atoms in total. The molecule has 0 saturated heterocycles. The molecule has 2 rings (SSSR count). The summed E-state index contributed by atoms with van der Waals surface area (Å²) in [6.07, 6.45) is 0. The maximum atomic E-state index is 12.4. The topological polar surface area (TPSA) is 37.6 Å². The Morgan fingerprint density at radius 1 is 1.35 bits per heavy atom. The number of hydrogen-bond donors (Lipinski definition) is 1. The first kappa shape index (κ1) is 14.9. The summed E-state index contributed by atoms with van der Waals surface area (Å²) in [6.45, 7) is 5.49. The standard InChI is InChI=1S/C15H21N3OS/c1-11(2)14(19)18(10-9-17(3)4)15-16-12-7-5-6-8-13(12)20-15/h5-8,11H,9-10H2,1-4H3/p+1. The van der Waals surface area contributed by atoms with Crippen LogP contribution in [0.4, 0.5) is 5.13 Å². The molecule has 0 radical (unpaired) electrons. The summed E-state index contributed by atoms with van der Waals surface area (Å²) in [5, 5.41) is 0.811. The number of aromatic nitrogens is 1. The lowest BCUT2D eigenvalue weighted by molar-refractivity contribution is -0.856. The van der Waals surface area contributed by atoms with Gasteiger partial charge in [0.2, 0.25) is 5.91 Å². The number of carbonyl (C=O) groups excluding carboxylic acids is 1. The van der Waals surface area contributed by atoms with E-state index in [1.54, 1.807) is 11.3 Å². The van der Waals surface area contributed by atoms with Gasteiger partial charge in [0.25, 0.3) is 0 Å². The molecule has 0 spiro atoms. The largest absolute Gasteiger partial charge is 0.338 e. The molecule has 1 amide bonds. The second kappa shape index (κ2) is 6.33. The van der Waals surface area contributed by atoms with E-state index in [9.17, 15) is 4.79 Å². The van der Waals surface area contributed by atoms with E-state index < -0.39 is 0 Å². The minimum Gasteiger partial charge on any atom is -0.338 e. The van der Waals surface area contributed by atoms with Crippen molar-refractivity contribution in [3.8, 4) is 0 Å². The molecule has 0 aliphatic heterocycles. The molecule has 0 fully saturated rings. The molecule has 0 aliphatic rings. The zero-order chi connectivity index (χ0) is 14.7. The van der Waals surface area contributed by atoms with Crippen LogP contribution in [-0.4, -0.2) is 38.1 Å². The molecule has 1 N–H and O–H groups in total. The number of para-hydroxylation sites is 1. The van der Waals surface area contributed by atoms with Crippen LogP contribution in [0.25, 0.3) is 10.2 Å². The number of likely N-dealkylation sites (N-methyl/N-ethyl adjacent to an activating group) is 1. The maximum Gasteiger partial charge on any atom is 0.231 e. The van der Waals surface area contributed by atoms with Gasteiger partial charge in [-0.1, -0.05) is 37.3 Å². The maximum absolute atomic E-state index is 12.4. The van der Waals surface area contributed by atoms with E-state index >= 15 is 0 Å². The van der Waals surface area contributed by atoms with Gasteiger partial charge in [-0.2, -0.15) is 0 Å². The zero-order valence-electron chi connectivity index (χ0n) is 12.5. The number of hydrogen-bond acceptors (Lipinski definition) is 3. The summed E-state index contributed by atoms with van der Waals surface area (Å²) >= 11 is 1.59. The highest BCUT2D eigenvalue weighted by atomic mass is 32.1. The van der Waals surface area contributed by atoms with Crippen LogP contribution in [0.2, 0.25) is 0 Å². The Balaban J connectivity index is 2.31. The second-order valence-electron chi connectivity index (χ2n) is 5.57. The van der Waals surface area contributed by atoms with Crippen LogP contribution in [0.15, 0.2) is 24.3 Å². The molecule has 0 saturated carbocycles. The Kier molecular flexibility index (Phi) is 4.73. The third-order valence-electron chi connectivity index (χ3n) is 3.11. The van der Waals surface area contributed by atoms with Gasteiger partial charge in [-0.3, -0.25) is 9.69 Å². The van der Waals surface area contributed by atoms with Crippen LogP contribution in [0.5, 0.6) is 0 Å². The molecule has 108 valence electrons. The molecule has 1 aromatic heterocycles. The first-order valence-electron chi connectivity index (χ1n) is 6.95. The van der Waals surface area contributed by atoms with Crippen LogP contribution in [0, 0.1) is 5.92 Å². The van der Waals surface area contributed by atoms with Crippen molar-refractivity contribution in [3.05, 3.63) is 24.3 Å². The van der Waals surface area contributed by atoms with Crippen LogP contribution >= 0.6 is 11.3 Å². The molecule has 2 aromatic rings. The molecule has 5 heteroatoms. The van der Waals surface area contributed by atoms with Gasteiger partial charge in [0.15, 0.2) is 5.13 Å². The Bertz CT molecular complexity index is 559. The van der Waals surface area contributed by atoms with E-state index in [1.807, 2.05) is 43.0 Å². The number of anilines is 1. The number of rotatable bonds is 5. The van der Waals surface area contributed by atoms with Gasteiger partial charge in [0, 0.05) is 5.92 Å². The number of fused-ring (bicyclic) bond motifs is 1. The summed E-state index contributed by atoms with van der Waals surface area (Å²) in [5.41, 5.74) is 0.964. The molecule has 0 atom stereocenters. The van der Waals surface area contributed by atoms with E-state index in [4.69, 9.17) is 0 Å². The number of carbonyl (C=O) groups is 1. The van der Waals surface area contributed by atoms with Crippen LogP contribution < -0.4 is 9.80 Å². The van der Waals surface area contributed by atoms with Crippen molar-refractivity contribution in [3.63, 3.8) is 0 Å². The smallest absolute Gasteiger partial charge is 0.231 e. The Morgan fingerprint density at radius 2 is 2.05 bits per heavy atom. The lowest BCUT2D eigenvalue weighted by atomic mass is 10.2. The Hall–Kier alpha value is -1.46. The number of benzene rings is 1. The summed E-state index contributed by atoms with van der Waals surface area (Å²) in [4.78, 5) is 20.2. The van der Waals surface area contributed by atoms with E-state index in [-0.39, 0.29) is 11.8 Å². The van der Waals surface area contributed by atoms with E-state index in [1.165, 1.54) is 4.90 Å². The van der Waals surface area contributed by atoms with Gasteiger partial charge >= 0.3 is 0 Å². The Labute approximate surface area is 124 Å². The fourth-order valence-electron chi connectivity index (χ4n) is 1.92. The van der Waals surface area contributed by atoms with Crippen molar-refractivity contribution in [1.29, 1.82) is 0 Å². The number of thiazole rings is 1. The predicted octanol–water partition coefficient (Wildman–Crippen LogP) is 1.43. The minimum absolute atomic E-state index is 0.0147. The summed E-state index contributed by atoms with van der Waals surface area (Å²) in [7, 11) is 4.19. The number of amides is 1. The molecule has 1 heterocycles. The Morgan fingerprint density at radius 3 is 2.65 bits per heavy atom. The lowest BCUT2D eigenvalue weighted by Gasteiger charge is -2.22. The van der Waals surface area contributed by atoms with Crippen LogP contribution in [0.1, 0.15) is 13.8 Å². The van der Waals surface area contributed by atoms with Crippen molar-refractivity contribution in [2.75, 3.05) is 32.1 Å². The van der Waals surface area contributed by atoms with E-state index in [0.29, 0.717) is 6.54 Å².